The van der Waals surface area contributed by atoms with Crippen LogP contribution in [0.25, 0.3) is 0 Å². The van der Waals surface area contributed by atoms with E-state index in [1.54, 1.807) is 24.3 Å². The molecule has 0 saturated carbocycles. The average molecular weight is 339 g/mol. The second-order valence-electron chi connectivity index (χ2n) is 4.56. The molecular weight excluding hydrogens is 323 g/mol. The lowest BCUT2D eigenvalue weighted by molar-refractivity contribution is 0.298. The van der Waals surface area contributed by atoms with Gasteiger partial charge in [0, 0.05) is 10.0 Å². The molecule has 2 aromatic carbocycles. The van der Waals surface area contributed by atoms with Crippen LogP contribution in [0.4, 0.5) is 4.39 Å². The summed E-state index contributed by atoms with van der Waals surface area (Å²) in [6.45, 7) is 2.24. The molecule has 2 rings (SSSR count). The number of hydrogen-bond donors (Lipinski definition) is 1. The van der Waals surface area contributed by atoms with Gasteiger partial charge in [0.15, 0.2) is 0 Å². The van der Waals surface area contributed by atoms with Crippen molar-refractivity contribution in [3.8, 4) is 11.5 Å². The van der Waals surface area contributed by atoms with E-state index in [4.69, 9.17) is 4.74 Å². The standard InChI is InChI=1S/C16H16BrFO2/c1-2-3-11-8-12(17)9-16(18)15(11)10-20-14-6-4-13(19)5-7-14/h4-9,19H,2-3,10H2,1H3. The monoisotopic (exact) mass is 338 g/mol. The minimum Gasteiger partial charge on any atom is -0.508 e. The molecule has 0 aliphatic rings. The predicted octanol–water partition coefficient (Wildman–Crippen LogP) is 4.83. The van der Waals surface area contributed by atoms with Gasteiger partial charge in [-0.05, 0) is 48.4 Å². The van der Waals surface area contributed by atoms with Crippen LogP contribution in [-0.2, 0) is 13.0 Å². The third-order valence-corrected chi connectivity index (χ3v) is 3.45. The fourth-order valence-electron chi connectivity index (χ4n) is 2.01. The Bertz CT molecular complexity index is 582. The third-order valence-electron chi connectivity index (χ3n) is 2.99. The van der Waals surface area contributed by atoms with Crippen molar-refractivity contribution < 1.29 is 14.2 Å². The molecule has 2 nitrogen and oxygen atoms in total. The maximum atomic E-state index is 14.1. The normalized spacial score (nSPS) is 10.6. The highest BCUT2D eigenvalue weighted by Crippen LogP contribution is 2.24. The van der Waals surface area contributed by atoms with Gasteiger partial charge in [-0.1, -0.05) is 29.3 Å². The van der Waals surface area contributed by atoms with Crippen LogP contribution in [0.2, 0.25) is 0 Å². The summed E-state index contributed by atoms with van der Waals surface area (Å²) >= 11 is 3.31. The number of hydrogen-bond acceptors (Lipinski definition) is 2. The number of aryl methyl sites for hydroxylation is 1. The molecule has 0 fully saturated rings. The van der Waals surface area contributed by atoms with Gasteiger partial charge in [-0.3, -0.25) is 0 Å². The summed E-state index contributed by atoms with van der Waals surface area (Å²) < 4.78 is 20.4. The van der Waals surface area contributed by atoms with Crippen LogP contribution in [0, 0.1) is 5.82 Å². The fraction of sp³-hybridized carbons (Fsp3) is 0.250. The Morgan fingerprint density at radius 2 is 1.90 bits per heavy atom. The molecule has 0 aromatic heterocycles. The summed E-state index contributed by atoms with van der Waals surface area (Å²) in [5.74, 6) is 0.521. The average Bonchev–Trinajstić information content (AvgIpc) is 2.40. The summed E-state index contributed by atoms with van der Waals surface area (Å²) in [5, 5.41) is 9.21. The lowest BCUT2D eigenvalue weighted by Crippen LogP contribution is -2.04. The van der Waals surface area contributed by atoms with Crippen molar-refractivity contribution in [2.45, 2.75) is 26.4 Å². The van der Waals surface area contributed by atoms with E-state index in [1.807, 2.05) is 6.07 Å². The molecule has 106 valence electrons. The van der Waals surface area contributed by atoms with Crippen molar-refractivity contribution >= 4 is 15.9 Å². The van der Waals surface area contributed by atoms with Crippen molar-refractivity contribution in [2.75, 3.05) is 0 Å². The lowest BCUT2D eigenvalue weighted by Gasteiger charge is -2.12. The Balaban J connectivity index is 2.17. The zero-order chi connectivity index (χ0) is 14.5. The molecule has 0 heterocycles. The van der Waals surface area contributed by atoms with Crippen LogP contribution in [0.1, 0.15) is 24.5 Å². The topological polar surface area (TPSA) is 29.5 Å². The second-order valence-corrected chi connectivity index (χ2v) is 5.47. The van der Waals surface area contributed by atoms with Crippen LogP contribution in [0.5, 0.6) is 11.5 Å². The molecule has 0 atom stereocenters. The molecular formula is C16H16BrFO2. The summed E-state index contributed by atoms with van der Waals surface area (Å²) in [6, 6.07) is 9.79. The van der Waals surface area contributed by atoms with Crippen molar-refractivity contribution in [1.29, 1.82) is 0 Å². The van der Waals surface area contributed by atoms with Crippen LogP contribution < -0.4 is 4.74 Å². The molecule has 0 spiro atoms. The van der Waals surface area contributed by atoms with E-state index in [1.165, 1.54) is 6.07 Å². The molecule has 0 saturated heterocycles. The number of aromatic hydroxyl groups is 1. The van der Waals surface area contributed by atoms with Gasteiger partial charge in [0.2, 0.25) is 0 Å². The van der Waals surface area contributed by atoms with E-state index in [0.29, 0.717) is 11.3 Å². The summed E-state index contributed by atoms with van der Waals surface area (Å²) in [4.78, 5) is 0. The molecule has 0 radical (unpaired) electrons. The Kier molecular flexibility index (Phi) is 5.01. The van der Waals surface area contributed by atoms with Crippen LogP contribution in [0.3, 0.4) is 0 Å². The van der Waals surface area contributed by atoms with E-state index >= 15 is 0 Å². The molecule has 0 aliphatic heterocycles. The summed E-state index contributed by atoms with van der Waals surface area (Å²) in [7, 11) is 0. The highest BCUT2D eigenvalue weighted by molar-refractivity contribution is 9.10. The molecule has 0 bridgehead atoms. The third kappa shape index (κ3) is 3.73. The van der Waals surface area contributed by atoms with E-state index < -0.39 is 0 Å². The van der Waals surface area contributed by atoms with Crippen molar-refractivity contribution in [1.82, 2.24) is 0 Å². The van der Waals surface area contributed by atoms with Gasteiger partial charge in [0.05, 0.1) is 0 Å². The molecule has 2 aromatic rings. The van der Waals surface area contributed by atoms with E-state index in [-0.39, 0.29) is 18.2 Å². The van der Waals surface area contributed by atoms with Crippen molar-refractivity contribution in [2.24, 2.45) is 0 Å². The van der Waals surface area contributed by atoms with Crippen LogP contribution in [-0.4, -0.2) is 5.11 Å². The summed E-state index contributed by atoms with van der Waals surface area (Å²) in [6.07, 6.45) is 1.76. The van der Waals surface area contributed by atoms with E-state index in [0.717, 1.165) is 22.9 Å². The Morgan fingerprint density at radius 3 is 2.55 bits per heavy atom. The zero-order valence-electron chi connectivity index (χ0n) is 11.2. The van der Waals surface area contributed by atoms with Gasteiger partial charge in [-0.15, -0.1) is 0 Å². The first-order valence-electron chi connectivity index (χ1n) is 6.48. The first kappa shape index (κ1) is 14.9. The maximum Gasteiger partial charge on any atom is 0.131 e. The Hall–Kier alpha value is -1.55. The molecule has 0 unspecified atom stereocenters. The first-order valence-corrected chi connectivity index (χ1v) is 7.28. The minimum atomic E-state index is -0.262. The van der Waals surface area contributed by atoms with Crippen molar-refractivity contribution in [3.63, 3.8) is 0 Å². The minimum absolute atomic E-state index is 0.179. The van der Waals surface area contributed by atoms with Gasteiger partial charge < -0.3 is 9.84 Å². The van der Waals surface area contributed by atoms with Crippen molar-refractivity contribution in [3.05, 3.63) is 57.8 Å². The maximum absolute atomic E-state index is 14.1. The Morgan fingerprint density at radius 1 is 1.20 bits per heavy atom. The van der Waals surface area contributed by atoms with E-state index in [9.17, 15) is 9.50 Å². The van der Waals surface area contributed by atoms with Crippen LogP contribution >= 0.6 is 15.9 Å². The van der Waals surface area contributed by atoms with Gasteiger partial charge in [-0.25, -0.2) is 4.39 Å². The van der Waals surface area contributed by atoms with E-state index in [2.05, 4.69) is 22.9 Å². The Labute approximate surface area is 126 Å². The molecule has 1 N–H and O–H groups in total. The smallest absolute Gasteiger partial charge is 0.131 e. The predicted molar refractivity (Wildman–Crippen MR) is 80.5 cm³/mol. The number of halogens is 2. The number of phenols is 1. The van der Waals surface area contributed by atoms with Gasteiger partial charge in [-0.2, -0.15) is 0 Å². The van der Waals surface area contributed by atoms with Gasteiger partial charge >= 0.3 is 0 Å². The first-order chi connectivity index (χ1) is 9.60. The quantitative estimate of drug-likeness (QED) is 0.846. The lowest BCUT2D eigenvalue weighted by atomic mass is 10.0. The number of ether oxygens (including phenoxy) is 1. The number of phenolic OH excluding ortho intramolecular Hbond substituents is 1. The van der Waals surface area contributed by atoms with Gasteiger partial charge in [0.1, 0.15) is 23.9 Å². The molecule has 20 heavy (non-hydrogen) atoms. The largest absolute Gasteiger partial charge is 0.508 e. The SMILES string of the molecule is CCCc1cc(Br)cc(F)c1COc1ccc(O)cc1. The molecule has 0 amide bonds. The summed E-state index contributed by atoms with van der Waals surface area (Å²) in [5.41, 5.74) is 1.54. The highest BCUT2D eigenvalue weighted by Gasteiger charge is 2.11. The second kappa shape index (κ2) is 6.75. The van der Waals surface area contributed by atoms with Gasteiger partial charge in [0.25, 0.3) is 0 Å². The zero-order valence-corrected chi connectivity index (χ0v) is 12.8. The molecule has 4 heteroatoms. The number of rotatable bonds is 5. The fourth-order valence-corrected chi connectivity index (χ4v) is 2.49. The molecule has 0 aliphatic carbocycles. The van der Waals surface area contributed by atoms with Crippen LogP contribution in [0.15, 0.2) is 40.9 Å². The highest BCUT2D eigenvalue weighted by atomic mass is 79.9. The number of benzene rings is 2.